The van der Waals surface area contributed by atoms with E-state index in [9.17, 15) is 0 Å². The fourth-order valence-electron chi connectivity index (χ4n) is 0. The van der Waals surface area contributed by atoms with E-state index in [1.807, 2.05) is 0 Å². The number of hydrogen-bond acceptors (Lipinski definition) is 0. The molecule has 1 radical (unpaired) electrons. The van der Waals surface area contributed by atoms with E-state index in [-0.39, 0.29) is 58.9 Å². The summed E-state index contributed by atoms with van der Waals surface area (Å²) in [7, 11) is 0. The first-order chi connectivity index (χ1) is 0. The van der Waals surface area contributed by atoms with Crippen LogP contribution in [0.25, 0.3) is 0 Å². The molecule has 0 N–H and O–H groups in total. The Balaban J connectivity index is 0. The van der Waals surface area contributed by atoms with Gasteiger partial charge in [0.05, 0.1) is 0 Å². The average Bonchev–Trinajstić information content (AvgIpc) is 0. The Morgan fingerprint density at radius 2 is 1.00 bits per heavy atom. The Bertz CT molecular complexity index is 8.00. The standard InChI is InChI=1S/CH3.Al.Fe.Mn.3H/h1H3;;;;;;/q-1;;;;;;. The number of rotatable bonds is 0. The molecule has 0 bridgehead atoms. The SMILES string of the molecule is [AlH3].[CH3-].[Fe].[Mn]. The van der Waals surface area contributed by atoms with Crippen molar-refractivity contribution in [2.45, 2.75) is 0 Å². The Morgan fingerprint density at radius 3 is 1.00 bits per heavy atom. The van der Waals surface area contributed by atoms with Gasteiger partial charge in [0, 0.05) is 34.1 Å². The molecule has 0 fully saturated rings. The zero-order chi connectivity index (χ0) is 0. The largest absolute Gasteiger partial charge is 0.358 e. The first kappa shape index (κ1) is 47.1. The quantitative estimate of drug-likeness (QED) is 0.320. The van der Waals surface area contributed by atoms with Crippen molar-refractivity contribution in [3.05, 3.63) is 7.43 Å². The van der Waals surface area contributed by atoms with Crippen molar-refractivity contribution in [1.29, 1.82) is 0 Å². The van der Waals surface area contributed by atoms with Gasteiger partial charge in [-0.3, -0.25) is 0 Å². The van der Waals surface area contributed by atoms with E-state index in [2.05, 4.69) is 0 Å². The van der Waals surface area contributed by atoms with Crippen molar-refractivity contribution in [2.24, 2.45) is 0 Å². The second-order valence-electron chi connectivity index (χ2n) is 0. The molecule has 0 saturated heterocycles. The van der Waals surface area contributed by atoms with Gasteiger partial charge in [-0.1, -0.05) is 0 Å². The Morgan fingerprint density at radius 1 is 1.00 bits per heavy atom. The van der Waals surface area contributed by atoms with Crippen molar-refractivity contribution >= 4 is 17.4 Å². The van der Waals surface area contributed by atoms with Gasteiger partial charge in [-0.25, -0.2) is 0 Å². The molecule has 0 amide bonds. The zero-order valence-corrected chi connectivity index (χ0v) is 4.02. The zero-order valence-electron chi connectivity index (χ0n) is 1.73. The van der Waals surface area contributed by atoms with Gasteiger partial charge in [0.15, 0.2) is 17.4 Å². The maximum atomic E-state index is 0. The summed E-state index contributed by atoms with van der Waals surface area (Å²) in [5.74, 6) is 0. The summed E-state index contributed by atoms with van der Waals surface area (Å²) in [6.45, 7) is 0. The molecule has 0 nitrogen and oxygen atoms in total. The molecule has 0 spiro atoms. The first-order valence-corrected chi connectivity index (χ1v) is 0. The third-order valence-corrected chi connectivity index (χ3v) is 0. The van der Waals surface area contributed by atoms with Crippen LogP contribution in [0.1, 0.15) is 0 Å². The summed E-state index contributed by atoms with van der Waals surface area (Å²) in [6.07, 6.45) is 0. The molecule has 0 heterocycles. The molecule has 3 heteroatoms. The minimum atomic E-state index is 0. The maximum Gasteiger partial charge on any atom is 0.187 e. The van der Waals surface area contributed by atoms with Gasteiger partial charge >= 0.3 is 0 Å². The van der Waals surface area contributed by atoms with Gasteiger partial charge in [-0.2, -0.15) is 0 Å². The van der Waals surface area contributed by atoms with Crippen LogP contribution in [0.3, 0.4) is 0 Å². The summed E-state index contributed by atoms with van der Waals surface area (Å²) < 4.78 is 0. The predicted molar refractivity (Wildman–Crippen MR) is 16.4 cm³/mol. The van der Waals surface area contributed by atoms with E-state index < -0.39 is 0 Å². The van der Waals surface area contributed by atoms with Gasteiger partial charge < -0.3 is 7.43 Å². The van der Waals surface area contributed by atoms with Crippen molar-refractivity contribution in [3.63, 3.8) is 0 Å². The molecule has 29 valence electrons. The smallest absolute Gasteiger partial charge is 0.187 e. The predicted octanol–water partition coefficient (Wildman–Crippen LogP) is -0.739. The molecule has 0 aliphatic heterocycles. The summed E-state index contributed by atoms with van der Waals surface area (Å²) >= 11 is 0. The molecular weight excluding hydrogens is 150 g/mol. The second-order valence-corrected chi connectivity index (χ2v) is 0. The first-order valence-electron chi connectivity index (χ1n) is 0. The molecule has 0 aromatic heterocycles. The van der Waals surface area contributed by atoms with Crippen molar-refractivity contribution in [1.82, 2.24) is 0 Å². The molecule has 0 aromatic carbocycles. The summed E-state index contributed by atoms with van der Waals surface area (Å²) in [4.78, 5) is 0. The van der Waals surface area contributed by atoms with Crippen LogP contribution in [-0.4, -0.2) is 17.4 Å². The molecule has 0 atom stereocenters. The average molecular weight is 156 g/mol. The van der Waals surface area contributed by atoms with Gasteiger partial charge in [-0.15, -0.1) is 0 Å². The van der Waals surface area contributed by atoms with E-state index in [0.717, 1.165) is 0 Å². The third-order valence-electron chi connectivity index (χ3n) is 0. The van der Waals surface area contributed by atoms with E-state index in [0.29, 0.717) is 0 Å². The molecule has 0 aliphatic carbocycles. The van der Waals surface area contributed by atoms with E-state index in [4.69, 9.17) is 0 Å². The van der Waals surface area contributed by atoms with Crippen LogP contribution in [0.4, 0.5) is 0 Å². The van der Waals surface area contributed by atoms with Crippen LogP contribution >= 0.6 is 0 Å². The van der Waals surface area contributed by atoms with E-state index >= 15 is 0 Å². The Kier molecular flexibility index (Phi) is 278. The van der Waals surface area contributed by atoms with Crippen LogP contribution in [0.15, 0.2) is 0 Å². The summed E-state index contributed by atoms with van der Waals surface area (Å²) in [5, 5.41) is 0. The fourth-order valence-corrected chi connectivity index (χ4v) is 0. The van der Waals surface area contributed by atoms with Crippen molar-refractivity contribution in [3.8, 4) is 0 Å². The third kappa shape index (κ3) is 9.56. The van der Waals surface area contributed by atoms with Gasteiger partial charge in [-0.05, 0) is 0 Å². The summed E-state index contributed by atoms with van der Waals surface area (Å²) in [5.41, 5.74) is 0. The topological polar surface area (TPSA) is 0 Å². The Hall–Kier alpha value is 1.57. The molecule has 0 saturated carbocycles. The Labute approximate surface area is 58.8 Å². The number of hydrogen-bond donors (Lipinski definition) is 0. The van der Waals surface area contributed by atoms with Gasteiger partial charge in [0.25, 0.3) is 0 Å². The van der Waals surface area contributed by atoms with E-state index in [1.165, 1.54) is 0 Å². The van der Waals surface area contributed by atoms with Crippen molar-refractivity contribution < 1.29 is 34.1 Å². The van der Waals surface area contributed by atoms with Crippen LogP contribution in [0, 0.1) is 7.43 Å². The van der Waals surface area contributed by atoms with Crippen LogP contribution in [0.5, 0.6) is 0 Å². The van der Waals surface area contributed by atoms with E-state index in [1.54, 1.807) is 0 Å². The molecule has 0 unspecified atom stereocenters. The molecule has 0 aliphatic rings. The van der Waals surface area contributed by atoms with Crippen molar-refractivity contribution in [2.75, 3.05) is 0 Å². The van der Waals surface area contributed by atoms with Crippen LogP contribution in [0.2, 0.25) is 0 Å². The van der Waals surface area contributed by atoms with Crippen LogP contribution < -0.4 is 0 Å². The molecule has 0 rings (SSSR count). The van der Waals surface area contributed by atoms with Gasteiger partial charge in [0.2, 0.25) is 0 Å². The fraction of sp³-hybridized carbons (Fsp3) is 0. The summed E-state index contributed by atoms with van der Waals surface area (Å²) in [6, 6.07) is 0. The minimum absolute atomic E-state index is 0. The monoisotopic (exact) mass is 156 g/mol. The minimum Gasteiger partial charge on any atom is -0.358 e. The maximum absolute atomic E-state index is 0. The molecular formula is CH6AlFeMn-. The normalized spacial score (nSPS) is 0. The molecule has 0 aromatic rings. The van der Waals surface area contributed by atoms with Crippen LogP contribution in [-0.2, 0) is 34.1 Å². The molecule has 4 heavy (non-hydrogen) atoms. The second kappa shape index (κ2) is 23.6. The van der Waals surface area contributed by atoms with Gasteiger partial charge in [0.1, 0.15) is 0 Å².